The second-order valence-corrected chi connectivity index (χ2v) is 4.69. The summed E-state index contributed by atoms with van der Waals surface area (Å²) < 4.78 is 0. The topological polar surface area (TPSA) is 75.3 Å². The van der Waals surface area contributed by atoms with E-state index in [-0.39, 0.29) is 29.2 Å². The molecule has 0 aromatic heterocycles. The van der Waals surface area contributed by atoms with Gasteiger partial charge in [0.25, 0.3) is 5.91 Å². The van der Waals surface area contributed by atoms with Crippen LogP contribution in [0.15, 0.2) is 18.2 Å². The molecule has 4 N–H and O–H groups in total. The summed E-state index contributed by atoms with van der Waals surface area (Å²) in [6, 6.07) is 4.14. The first-order chi connectivity index (χ1) is 7.91. The fraction of sp³-hybridized carbons (Fsp3) is 0.417. The molecule has 0 aliphatic carbocycles. The minimum atomic E-state index is -0.331. The van der Waals surface area contributed by atoms with Crippen molar-refractivity contribution in [3.63, 3.8) is 0 Å². The van der Waals surface area contributed by atoms with E-state index < -0.39 is 0 Å². The van der Waals surface area contributed by atoms with Gasteiger partial charge in [0, 0.05) is 12.6 Å². The van der Waals surface area contributed by atoms with Crippen LogP contribution >= 0.6 is 11.6 Å². The Morgan fingerprint density at radius 3 is 2.76 bits per heavy atom. The number of benzene rings is 1. The molecule has 0 aliphatic rings. The van der Waals surface area contributed by atoms with Crippen LogP contribution in [0.3, 0.4) is 0 Å². The molecule has 0 bridgehead atoms. The number of hydrogen-bond acceptors (Lipinski definition) is 3. The summed E-state index contributed by atoms with van der Waals surface area (Å²) in [7, 11) is 0. The highest BCUT2D eigenvalue weighted by molar-refractivity contribution is 6.33. The van der Waals surface area contributed by atoms with Gasteiger partial charge in [0.1, 0.15) is 5.75 Å². The number of phenolic OH excluding ortho intramolecular Hbond substituents is 1. The molecule has 1 atom stereocenters. The maximum Gasteiger partial charge on any atom is 0.252 e. The number of nitrogens with one attached hydrogen (secondary N) is 1. The first kappa shape index (κ1) is 13.8. The lowest BCUT2D eigenvalue weighted by atomic mass is 10.1. The van der Waals surface area contributed by atoms with Crippen LogP contribution in [0.25, 0.3) is 0 Å². The molecule has 0 saturated heterocycles. The van der Waals surface area contributed by atoms with Crippen molar-refractivity contribution in [2.24, 2.45) is 11.7 Å². The molecule has 0 fully saturated rings. The Labute approximate surface area is 106 Å². The van der Waals surface area contributed by atoms with Gasteiger partial charge in [-0.15, -0.1) is 0 Å². The fourth-order valence-corrected chi connectivity index (χ4v) is 1.43. The maximum atomic E-state index is 11.8. The van der Waals surface area contributed by atoms with Crippen molar-refractivity contribution in [2.75, 3.05) is 6.54 Å². The van der Waals surface area contributed by atoms with Gasteiger partial charge in [-0.2, -0.15) is 0 Å². The predicted molar refractivity (Wildman–Crippen MR) is 68.3 cm³/mol. The van der Waals surface area contributed by atoms with Gasteiger partial charge >= 0.3 is 0 Å². The van der Waals surface area contributed by atoms with E-state index in [0.29, 0.717) is 11.6 Å². The van der Waals surface area contributed by atoms with E-state index in [1.165, 1.54) is 18.2 Å². The van der Waals surface area contributed by atoms with Gasteiger partial charge in [-0.25, -0.2) is 0 Å². The standard InChI is InChI=1S/C12H17ClN2O2/c1-7(2)11(14)6-15-12(17)9-5-8(16)3-4-10(9)13/h3-5,7,11,16H,6,14H2,1-2H3,(H,15,17). The van der Waals surface area contributed by atoms with Crippen LogP contribution in [-0.2, 0) is 0 Å². The Balaban J connectivity index is 2.67. The molecule has 1 aromatic carbocycles. The Hall–Kier alpha value is -1.26. The highest BCUT2D eigenvalue weighted by atomic mass is 35.5. The third kappa shape index (κ3) is 3.91. The van der Waals surface area contributed by atoms with Crippen molar-refractivity contribution in [1.29, 1.82) is 0 Å². The third-order valence-electron chi connectivity index (χ3n) is 2.55. The van der Waals surface area contributed by atoms with Crippen molar-refractivity contribution in [1.82, 2.24) is 5.32 Å². The van der Waals surface area contributed by atoms with Gasteiger partial charge in [0.15, 0.2) is 0 Å². The molecule has 0 radical (unpaired) electrons. The molecule has 0 spiro atoms. The average Bonchev–Trinajstić information content (AvgIpc) is 2.28. The zero-order valence-electron chi connectivity index (χ0n) is 9.90. The number of hydrogen-bond donors (Lipinski definition) is 3. The van der Waals surface area contributed by atoms with Crippen LogP contribution in [0.2, 0.25) is 5.02 Å². The summed E-state index contributed by atoms with van der Waals surface area (Å²) in [6.07, 6.45) is 0. The number of aromatic hydroxyl groups is 1. The molecule has 1 unspecified atom stereocenters. The van der Waals surface area contributed by atoms with Gasteiger partial charge in [0.05, 0.1) is 10.6 Å². The number of rotatable bonds is 4. The van der Waals surface area contributed by atoms with Crippen molar-refractivity contribution >= 4 is 17.5 Å². The molecule has 5 heteroatoms. The van der Waals surface area contributed by atoms with Crippen LogP contribution in [0.1, 0.15) is 24.2 Å². The first-order valence-electron chi connectivity index (χ1n) is 5.44. The maximum absolute atomic E-state index is 11.8. The second kappa shape index (κ2) is 5.89. The number of carbonyl (C=O) groups is 1. The van der Waals surface area contributed by atoms with E-state index in [1.807, 2.05) is 13.8 Å². The Morgan fingerprint density at radius 1 is 1.53 bits per heavy atom. The molecule has 0 aliphatic heterocycles. The molecule has 1 amide bonds. The fourth-order valence-electron chi connectivity index (χ4n) is 1.23. The molecule has 17 heavy (non-hydrogen) atoms. The van der Waals surface area contributed by atoms with Gasteiger partial charge < -0.3 is 16.2 Å². The summed E-state index contributed by atoms with van der Waals surface area (Å²) in [5.74, 6) is -0.0374. The van der Waals surface area contributed by atoms with E-state index in [0.717, 1.165) is 0 Å². The second-order valence-electron chi connectivity index (χ2n) is 4.28. The molecule has 1 aromatic rings. The van der Waals surface area contributed by atoms with E-state index in [1.54, 1.807) is 0 Å². The molecule has 4 nitrogen and oxygen atoms in total. The lowest BCUT2D eigenvalue weighted by Gasteiger charge is -2.16. The van der Waals surface area contributed by atoms with Crippen molar-refractivity contribution < 1.29 is 9.90 Å². The number of nitrogens with two attached hydrogens (primary N) is 1. The lowest BCUT2D eigenvalue weighted by Crippen LogP contribution is -2.40. The third-order valence-corrected chi connectivity index (χ3v) is 2.88. The Morgan fingerprint density at radius 2 is 2.18 bits per heavy atom. The van der Waals surface area contributed by atoms with Gasteiger partial charge in [-0.05, 0) is 24.1 Å². The minimum Gasteiger partial charge on any atom is -0.508 e. The summed E-state index contributed by atoms with van der Waals surface area (Å²) in [5.41, 5.74) is 6.07. The number of phenols is 1. The lowest BCUT2D eigenvalue weighted by molar-refractivity contribution is 0.0949. The van der Waals surface area contributed by atoms with Gasteiger partial charge in [-0.1, -0.05) is 25.4 Å². The van der Waals surface area contributed by atoms with E-state index >= 15 is 0 Å². The molecule has 0 saturated carbocycles. The normalized spacial score (nSPS) is 12.5. The molecule has 94 valence electrons. The highest BCUT2D eigenvalue weighted by Crippen LogP contribution is 2.20. The van der Waals surface area contributed by atoms with E-state index in [9.17, 15) is 9.90 Å². The van der Waals surface area contributed by atoms with E-state index in [2.05, 4.69) is 5.32 Å². The summed E-state index contributed by atoms with van der Waals surface area (Å²) in [4.78, 5) is 11.8. The molecular weight excluding hydrogens is 240 g/mol. The Kier molecular flexibility index (Phi) is 4.78. The first-order valence-corrected chi connectivity index (χ1v) is 5.82. The number of halogens is 1. The van der Waals surface area contributed by atoms with Crippen LogP contribution < -0.4 is 11.1 Å². The van der Waals surface area contributed by atoms with Crippen LogP contribution in [0.4, 0.5) is 0 Å². The quantitative estimate of drug-likeness (QED) is 0.768. The van der Waals surface area contributed by atoms with Crippen molar-refractivity contribution in [3.8, 4) is 5.75 Å². The minimum absolute atomic E-state index is 0.00714. The highest BCUT2D eigenvalue weighted by Gasteiger charge is 2.13. The molecular formula is C12H17ClN2O2. The molecule has 0 heterocycles. The van der Waals surface area contributed by atoms with Crippen molar-refractivity contribution in [2.45, 2.75) is 19.9 Å². The van der Waals surface area contributed by atoms with Crippen molar-refractivity contribution in [3.05, 3.63) is 28.8 Å². The SMILES string of the molecule is CC(C)C(N)CNC(=O)c1cc(O)ccc1Cl. The monoisotopic (exact) mass is 256 g/mol. The zero-order valence-corrected chi connectivity index (χ0v) is 10.7. The number of carbonyl (C=O) groups excluding carboxylic acids is 1. The molecule has 1 rings (SSSR count). The zero-order chi connectivity index (χ0) is 13.0. The predicted octanol–water partition coefficient (Wildman–Crippen LogP) is 1.76. The van der Waals surface area contributed by atoms with Crippen LogP contribution in [0, 0.1) is 5.92 Å². The number of amides is 1. The summed E-state index contributed by atoms with van der Waals surface area (Å²) in [6.45, 7) is 4.35. The summed E-state index contributed by atoms with van der Waals surface area (Å²) >= 11 is 5.87. The largest absolute Gasteiger partial charge is 0.508 e. The average molecular weight is 257 g/mol. The van der Waals surface area contributed by atoms with Crippen LogP contribution in [-0.4, -0.2) is 23.6 Å². The van der Waals surface area contributed by atoms with Crippen LogP contribution in [0.5, 0.6) is 5.75 Å². The Bertz CT molecular complexity index is 407. The van der Waals surface area contributed by atoms with E-state index in [4.69, 9.17) is 17.3 Å². The van der Waals surface area contributed by atoms with Gasteiger partial charge in [-0.3, -0.25) is 4.79 Å². The van der Waals surface area contributed by atoms with Gasteiger partial charge in [0.2, 0.25) is 0 Å². The smallest absolute Gasteiger partial charge is 0.252 e. The summed E-state index contributed by atoms with van der Waals surface area (Å²) in [5, 5.41) is 12.3.